The minimum atomic E-state index is -0.642. The fourth-order valence-corrected chi connectivity index (χ4v) is 0.961. The summed E-state index contributed by atoms with van der Waals surface area (Å²) in [5.74, 6) is -1.26. The van der Waals surface area contributed by atoms with E-state index < -0.39 is 11.6 Å². The van der Waals surface area contributed by atoms with Crippen LogP contribution in [-0.4, -0.2) is 7.05 Å². The highest BCUT2D eigenvalue weighted by Crippen LogP contribution is 2.22. The van der Waals surface area contributed by atoms with Crippen LogP contribution >= 0.6 is 0 Å². The van der Waals surface area contributed by atoms with E-state index in [-0.39, 0.29) is 11.4 Å². The Balaban J connectivity index is 3.13. The van der Waals surface area contributed by atoms with Crippen molar-refractivity contribution in [3.8, 4) is 0 Å². The Labute approximate surface area is 75.3 Å². The molecule has 0 saturated carbocycles. The van der Waals surface area contributed by atoms with Gasteiger partial charge in [0.15, 0.2) is 0 Å². The molecular formula is C9H10F2N2. The molecule has 0 aliphatic heterocycles. The van der Waals surface area contributed by atoms with Crippen molar-refractivity contribution in [1.29, 1.82) is 0 Å². The number of anilines is 2. The zero-order valence-corrected chi connectivity index (χ0v) is 7.20. The monoisotopic (exact) mass is 184 g/mol. The normalized spacial score (nSPS) is 9.46. The van der Waals surface area contributed by atoms with Crippen molar-refractivity contribution in [3.05, 3.63) is 36.5 Å². The van der Waals surface area contributed by atoms with E-state index in [0.29, 0.717) is 0 Å². The number of hydrogen-bond donors (Lipinski definition) is 2. The molecule has 0 spiro atoms. The molecule has 1 rings (SSSR count). The van der Waals surface area contributed by atoms with Gasteiger partial charge in [0.2, 0.25) is 0 Å². The van der Waals surface area contributed by atoms with Crippen LogP contribution in [0.5, 0.6) is 0 Å². The maximum atomic E-state index is 13.0. The molecule has 0 aliphatic rings. The second-order valence-corrected chi connectivity index (χ2v) is 2.41. The average Bonchev–Trinajstić information content (AvgIpc) is 2.10. The van der Waals surface area contributed by atoms with Crippen molar-refractivity contribution in [2.75, 3.05) is 17.7 Å². The Morgan fingerprint density at radius 2 is 1.85 bits per heavy atom. The second kappa shape index (κ2) is 3.89. The van der Waals surface area contributed by atoms with E-state index in [9.17, 15) is 8.78 Å². The molecule has 1 aromatic carbocycles. The van der Waals surface area contributed by atoms with Crippen molar-refractivity contribution in [2.45, 2.75) is 0 Å². The average molecular weight is 184 g/mol. The summed E-state index contributed by atoms with van der Waals surface area (Å²) >= 11 is 0. The molecule has 70 valence electrons. The van der Waals surface area contributed by atoms with Gasteiger partial charge in [-0.15, -0.1) is 0 Å². The highest BCUT2D eigenvalue weighted by molar-refractivity contribution is 5.59. The van der Waals surface area contributed by atoms with Crippen LogP contribution in [0, 0.1) is 11.6 Å². The van der Waals surface area contributed by atoms with Crippen molar-refractivity contribution in [1.82, 2.24) is 0 Å². The van der Waals surface area contributed by atoms with Crippen LogP contribution in [0.4, 0.5) is 20.2 Å². The molecule has 0 bridgehead atoms. The maximum Gasteiger partial charge on any atom is 0.149 e. The number of hydrogen-bond acceptors (Lipinski definition) is 2. The van der Waals surface area contributed by atoms with Gasteiger partial charge in [0.1, 0.15) is 11.6 Å². The quantitative estimate of drug-likeness (QED) is 0.754. The predicted octanol–water partition coefficient (Wildman–Crippen LogP) is 2.56. The summed E-state index contributed by atoms with van der Waals surface area (Å²) in [7, 11) is 1.56. The van der Waals surface area contributed by atoms with Crippen LogP contribution in [0.15, 0.2) is 24.9 Å². The van der Waals surface area contributed by atoms with Crippen molar-refractivity contribution in [2.24, 2.45) is 0 Å². The Morgan fingerprint density at radius 1 is 1.23 bits per heavy atom. The van der Waals surface area contributed by atoms with Gasteiger partial charge in [-0.1, -0.05) is 6.58 Å². The maximum absolute atomic E-state index is 13.0. The fraction of sp³-hybridized carbons (Fsp3) is 0.111. The van der Waals surface area contributed by atoms with Crippen LogP contribution < -0.4 is 10.6 Å². The summed E-state index contributed by atoms with van der Waals surface area (Å²) in [6.45, 7) is 3.38. The van der Waals surface area contributed by atoms with Gasteiger partial charge >= 0.3 is 0 Å². The first-order chi connectivity index (χ1) is 6.19. The van der Waals surface area contributed by atoms with Gasteiger partial charge in [-0.3, -0.25) is 0 Å². The number of halogens is 2. The molecule has 0 radical (unpaired) electrons. The lowest BCUT2D eigenvalue weighted by Gasteiger charge is -2.07. The standard InChI is InChI=1S/C9H10F2N2/c1-3-13-9-5-8(12-2)6(10)4-7(9)11/h3-5,12-13H,1H2,2H3. The second-order valence-electron chi connectivity index (χ2n) is 2.41. The molecule has 1 aromatic rings. The molecule has 0 atom stereocenters. The van der Waals surface area contributed by atoms with Crippen LogP contribution in [0.3, 0.4) is 0 Å². The van der Waals surface area contributed by atoms with E-state index in [4.69, 9.17) is 0 Å². The molecule has 0 heterocycles. The summed E-state index contributed by atoms with van der Waals surface area (Å²) in [6, 6.07) is 2.16. The molecule has 0 unspecified atom stereocenters. The molecule has 0 aliphatic carbocycles. The van der Waals surface area contributed by atoms with Crippen molar-refractivity contribution >= 4 is 11.4 Å². The van der Waals surface area contributed by atoms with Gasteiger partial charge in [-0.25, -0.2) is 8.78 Å². The van der Waals surface area contributed by atoms with Crippen LogP contribution in [0.2, 0.25) is 0 Å². The van der Waals surface area contributed by atoms with E-state index in [0.717, 1.165) is 6.07 Å². The number of benzene rings is 1. The fourth-order valence-electron chi connectivity index (χ4n) is 0.961. The third-order valence-electron chi connectivity index (χ3n) is 1.58. The smallest absolute Gasteiger partial charge is 0.149 e. The number of rotatable bonds is 3. The number of nitrogens with one attached hydrogen (secondary N) is 2. The highest BCUT2D eigenvalue weighted by atomic mass is 19.1. The van der Waals surface area contributed by atoms with Crippen LogP contribution in [0.1, 0.15) is 0 Å². The van der Waals surface area contributed by atoms with E-state index in [2.05, 4.69) is 17.2 Å². The Kier molecular flexibility index (Phi) is 2.84. The minimum Gasteiger partial charge on any atom is -0.386 e. The predicted molar refractivity (Wildman–Crippen MR) is 49.7 cm³/mol. The Morgan fingerprint density at radius 3 is 2.38 bits per heavy atom. The molecule has 0 fully saturated rings. The summed E-state index contributed by atoms with van der Waals surface area (Å²) in [5.41, 5.74) is 0.437. The first kappa shape index (κ1) is 9.51. The first-order valence-corrected chi connectivity index (χ1v) is 3.73. The van der Waals surface area contributed by atoms with E-state index in [1.165, 1.54) is 12.3 Å². The lowest BCUT2D eigenvalue weighted by atomic mass is 10.2. The molecule has 2 N–H and O–H groups in total. The molecule has 0 saturated heterocycles. The molecular weight excluding hydrogens is 174 g/mol. The first-order valence-electron chi connectivity index (χ1n) is 3.73. The summed E-state index contributed by atoms with van der Waals surface area (Å²) < 4.78 is 25.9. The van der Waals surface area contributed by atoms with Crippen LogP contribution in [0.25, 0.3) is 0 Å². The van der Waals surface area contributed by atoms with Gasteiger partial charge in [0.25, 0.3) is 0 Å². The van der Waals surface area contributed by atoms with E-state index in [1.807, 2.05) is 0 Å². The van der Waals surface area contributed by atoms with Crippen molar-refractivity contribution < 1.29 is 8.78 Å². The molecule has 0 amide bonds. The summed E-state index contributed by atoms with van der Waals surface area (Å²) in [5, 5.41) is 5.17. The third kappa shape index (κ3) is 1.96. The van der Waals surface area contributed by atoms with Crippen LogP contribution in [-0.2, 0) is 0 Å². The third-order valence-corrected chi connectivity index (χ3v) is 1.58. The molecule has 13 heavy (non-hydrogen) atoms. The Hall–Kier alpha value is -1.58. The molecule has 0 aromatic heterocycles. The van der Waals surface area contributed by atoms with Gasteiger partial charge in [-0.2, -0.15) is 0 Å². The zero-order valence-electron chi connectivity index (χ0n) is 7.20. The topological polar surface area (TPSA) is 24.1 Å². The van der Waals surface area contributed by atoms with Crippen molar-refractivity contribution in [3.63, 3.8) is 0 Å². The van der Waals surface area contributed by atoms with Gasteiger partial charge in [0, 0.05) is 13.1 Å². The van der Waals surface area contributed by atoms with Gasteiger partial charge < -0.3 is 10.6 Å². The van der Waals surface area contributed by atoms with E-state index >= 15 is 0 Å². The molecule has 4 heteroatoms. The summed E-state index contributed by atoms with van der Waals surface area (Å²) in [6.07, 6.45) is 1.33. The largest absolute Gasteiger partial charge is 0.386 e. The lowest BCUT2D eigenvalue weighted by Crippen LogP contribution is -1.97. The highest BCUT2D eigenvalue weighted by Gasteiger charge is 2.07. The zero-order chi connectivity index (χ0) is 9.84. The van der Waals surface area contributed by atoms with Gasteiger partial charge in [-0.05, 0) is 12.3 Å². The van der Waals surface area contributed by atoms with Gasteiger partial charge in [0.05, 0.1) is 11.4 Å². The van der Waals surface area contributed by atoms with E-state index in [1.54, 1.807) is 7.05 Å². The SMILES string of the molecule is C=CNc1cc(NC)c(F)cc1F. The summed E-state index contributed by atoms with van der Waals surface area (Å²) in [4.78, 5) is 0. The minimum absolute atomic E-state index is 0.195. The molecule has 2 nitrogen and oxygen atoms in total. The Bertz CT molecular complexity index is 324. The lowest BCUT2D eigenvalue weighted by molar-refractivity contribution is 0.588.